The second-order valence-electron chi connectivity index (χ2n) is 2.33. The Hall–Kier alpha value is -0.120. The zero-order chi connectivity index (χ0) is 8.53. The summed E-state index contributed by atoms with van der Waals surface area (Å²) in [7, 11) is 0. The Morgan fingerprint density at radius 1 is 1.18 bits per heavy atom. The van der Waals surface area contributed by atoms with Crippen LogP contribution < -0.4 is 0 Å². The van der Waals surface area contributed by atoms with E-state index < -0.39 is 0 Å². The van der Waals surface area contributed by atoms with Crippen LogP contribution in [0.25, 0.3) is 0 Å². The highest BCUT2D eigenvalue weighted by molar-refractivity contribution is 4.47. The Kier molecular flexibility index (Phi) is 7.89. The van der Waals surface area contributed by atoms with Crippen molar-refractivity contribution < 1.29 is 14.6 Å². The van der Waals surface area contributed by atoms with Crippen LogP contribution in [-0.4, -0.2) is 37.6 Å². The van der Waals surface area contributed by atoms with Crippen molar-refractivity contribution in [2.45, 2.75) is 26.4 Å². The standard InChI is InChI=1S/C8H18O3/c1-3-8(9)7-11-6-5-10-4-2/h8-9H,3-7H2,1-2H3. The van der Waals surface area contributed by atoms with Crippen molar-refractivity contribution in [1.29, 1.82) is 0 Å². The van der Waals surface area contributed by atoms with Gasteiger partial charge < -0.3 is 14.6 Å². The molecule has 1 atom stereocenters. The van der Waals surface area contributed by atoms with Crippen LogP contribution in [0.3, 0.4) is 0 Å². The third kappa shape index (κ3) is 7.78. The van der Waals surface area contributed by atoms with Gasteiger partial charge in [0.1, 0.15) is 0 Å². The van der Waals surface area contributed by atoms with Crippen molar-refractivity contribution in [3.05, 3.63) is 0 Å². The van der Waals surface area contributed by atoms with Gasteiger partial charge >= 0.3 is 0 Å². The molecule has 0 spiro atoms. The minimum Gasteiger partial charge on any atom is -0.391 e. The predicted molar refractivity (Wildman–Crippen MR) is 43.6 cm³/mol. The van der Waals surface area contributed by atoms with E-state index in [2.05, 4.69) is 0 Å². The number of hydrogen-bond donors (Lipinski definition) is 1. The van der Waals surface area contributed by atoms with Gasteiger partial charge in [-0.3, -0.25) is 0 Å². The zero-order valence-electron chi connectivity index (χ0n) is 7.38. The third-order valence-electron chi connectivity index (χ3n) is 1.36. The molecule has 0 heterocycles. The van der Waals surface area contributed by atoms with Gasteiger partial charge in [-0.15, -0.1) is 0 Å². The SMILES string of the molecule is CCOCCOCC(O)CC. The van der Waals surface area contributed by atoms with E-state index in [9.17, 15) is 0 Å². The summed E-state index contributed by atoms with van der Waals surface area (Å²) in [5.74, 6) is 0. The van der Waals surface area contributed by atoms with Gasteiger partial charge in [0.25, 0.3) is 0 Å². The lowest BCUT2D eigenvalue weighted by Crippen LogP contribution is -2.16. The van der Waals surface area contributed by atoms with Gasteiger partial charge in [-0.2, -0.15) is 0 Å². The van der Waals surface area contributed by atoms with Gasteiger partial charge in [0.15, 0.2) is 0 Å². The van der Waals surface area contributed by atoms with Crippen molar-refractivity contribution in [1.82, 2.24) is 0 Å². The van der Waals surface area contributed by atoms with Crippen LogP contribution in [0.5, 0.6) is 0 Å². The predicted octanol–water partition coefficient (Wildman–Crippen LogP) is 0.810. The molecule has 0 aromatic rings. The normalized spacial score (nSPS) is 13.4. The third-order valence-corrected chi connectivity index (χ3v) is 1.36. The average molecular weight is 162 g/mol. The van der Waals surface area contributed by atoms with E-state index in [4.69, 9.17) is 14.6 Å². The maximum atomic E-state index is 9.05. The van der Waals surface area contributed by atoms with Crippen LogP contribution in [0.15, 0.2) is 0 Å². The summed E-state index contributed by atoms with van der Waals surface area (Å²) >= 11 is 0. The first-order chi connectivity index (χ1) is 5.31. The molecule has 0 bridgehead atoms. The van der Waals surface area contributed by atoms with Crippen molar-refractivity contribution in [2.24, 2.45) is 0 Å². The van der Waals surface area contributed by atoms with Gasteiger partial charge in [-0.05, 0) is 13.3 Å². The van der Waals surface area contributed by atoms with Gasteiger partial charge in [0.2, 0.25) is 0 Å². The Morgan fingerprint density at radius 2 is 1.82 bits per heavy atom. The van der Waals surface area contributed by atoms with Gasteiger partial charge in [-0.25, -0.2) is 0 Å². The fourth-order valence-corrected chi connectivity index (χ4v) is 0.599. The van der Waals surface area contributed by atoms with E-state index in [0.717, 1.165) is 13.0 Å². The minimum atomic E-state index is -0.323. The Labute approximate surface area is 68.3 Å². The molecule has 11 heavy (non-hydrogen) atoms. The number of ether oxygens (including phenoxy) is 2. The number of hydrogen-bond acceptors (Lipinski definition) is 3. The van der Waals surface area contributed by atoms with Crippen LogP contribution in [0.1, 0.15) is 20.3 Å². The van der Waals surface area contributed by atoms with E-state index >= 15 is 0 Å². The van der Waals surface area contributed by atoms with Crippen molar-refractivity contribution in [3.63, 3.8) is 0 Å². The first-order valence-electron chi connectivity index (χ1n) is 4.14. The number of rotatable bonds is 7. The van der Waals surface area contributed by atoms with Crippen molar-refractivity contribution in [2.75, 3.05) is 26.4 Å². The highest BCUT2D eigenvalue weighted by Gasteiger charge is 1.98. The molecule has 0 aliphatic rings. The lowest BCUT2D eigenvalue weighted by Gasteiger charge is -2.08. The molecule has 0 radical (unpaired) electrons. The van der Waals surface area contributed by atoms with E-state index in [0.29, 0.717) is 19.8 Å². The smallest absolute Gasteiger partial charge is 0.0771 e. The molecule has 1 N–H and O–H groups in total. The lowest BCUT2D eigenvalue weighted by atomic mass is 10.3. The highest BCUT2D eigenvalue weighted by atomic mass is 16.5. The molecule has 3 heteroatoms. The molecular formula is C8H18O3. The fourth-order valence-electron chi connectivity index (χ4n) is 0.599. The molecular weight excluding hydrogens is 144 g/mol. The summed E-state index contributed by atoms with van der Waals surface area (Å²) in [5.41, 5.74) is 0. The summed E-state index contributed by atoms with van der Waals surface area (Å²) in [6, 6.07) is 0. The second-order valence-corrected chi connectivity index (χ2v) is 2.33. The zero-order valence-corrected chi connectivity index (χ0v) is 7.38. The van der Waals surface area contributed by atoms with Crippen LogP contribution in [0.4, 0.5) is 0 Å². The molecule has 0 rings (SSSR count). The molecule has 0 amide bonds. The van der Waals surface area contributed by atoms with E-state index in [1.807, 2.05) is 13.8 Å². The quantitative estimate of drug-likeness (QED) is 0.563. The van der Waals surface area contributed by atoms with Gasteiger partial charge in [-0.1, -0.05) is 6.92 Å². The molecule has 68 valence electrons. The summed E-state index contributed by atoms with van der Waals surface area (Å²) in [5, 5.41) is 9.05. The summed E-state index contributed by atoms with van der Waals surface area (Å²) in [6.07, 6.45) is 0.422. The Bertz CT molecular complexity index is 75.7. The van der Waals surface area contributed by atoms with Crippen LogP contribution in [0, 0.1) is 0 Å². The van der Waals surface area contributed by atoms with Crippen molar-refractivity contribution in [3.8, 4) is 0 Å². The summed E-state index contributed by atoms with van der Waals surface area (Å²) in [6.45, 7) is 6.21. The van der Waals surface area contributed by atoms with E-state index in [1.54, 1.807) is 0 Å². The maximum Gasteiger partial charge on any atom is 0.0771 e. The second kappa shape index (κ2) is 7.98. The molecule has 0 saturated heterocycles. The minimum absolute atomic E-state index is 0.323. The molecule has 3 nitrogen and oxygen atoms in total. The molecule has 0 aliphatic carbocycles. The average Bonchev–Trinajstić information content (AvgIpc) is 2.04. The Balaban J connectivity index is 2.89. The maximum absolute atomic E-state index is 9.05. The summed E-state index contributed by atoms with van der Waals surface area (Å²) in [4.78, 5) is 0. The highest BCUT2D eigenvalue weighted by Crippen LogP contribution is 1.90. The fraction of sp³-hybridized carbons (Fsp3) is 1.00. The number of aliphatic hydroxyl groups excluding tert-OH is 1. The van der Waals surface area contributed by atoms with Crippen LogP contribution in [-0.2, 0) is 9.47 Å². The van der Waals surface area contributed by atoms with E-state index in [1.165, 1.54) is 0 Å². The molecule has 0 aromatic carbocycles. The van der Waals surface area contributed by atoms with Gasteiger partial charge in [0.05, 0.1) is 25.9 Å². The summed E-state index contributed by atoms with van der Waals surface area (Å²) < 4.78 is 10.2. The first kappa shape index (κ1) is 10.9. The van der Waals surface area contributed by atoms with Crippen LogP contribution >= 0.6 is 0 Å². The molecule has 0 aliphatic heterocycles. The monoisotopic (exact) mass is 162 g/mol. The molecule has 0 fully saturated rings. The molecule has 0 aromatic heterocycles. The lowest BCUT2D eigenvalue weighted by molar-refractivity contribution is 0.00509. The van der Waals surface area contributed by atoms with Crippen molar-refractivity contribution >= 4 is 0 Å². The first-order valence-corrected chi connectivity index (χ1v) is 4.14. The largest absolute Gasteiger partial charge is 0.391 e. The van der Waals surface area contributed by atoms with E-state index in [-0.39, 0.29) is 6.10 Å². The number of aliphatic hydroxyl groups is 1. The molecule has 1 unspecified atom stereocenters. The Morgan fingerprint density at radius 3 is 2.36 bits per heavy atom. The topological polar surface area (TPSA) is 38.7 Å². The molecule has 0 saturated carbocycles. The van der Waals surface area contributed by atoms with Crippen LogP contribution in [0.2, 0.25) is 0 Å². The van der Waals surface area contributed by atoms with Gasteiger partial charge in [0, 0.05) is 6.61 Å².